The third-order valence-corrected chi connectivity index (χ3v) is 3.35. The normalized spacial score (nSPS) is 11.9. The molecule has 0 aliphatic carbocycles. The number of methoxy groups -OCH3 is 1. The van der Waals surface area contributed by atoms with Gasteiger partial charge in [0.05, 0.1) is 20.3 Å². The van der Waals surface area contributed by atoms with E-state index in [4.69, 9.17) is 9.47 Å². The number of esters is 1. The first-order valence-electron chi connectivity index (χ1n) is 7.36. The molecule has 0 aromatic heterocycles. The summed E-state index contributed by atoms with van der Waals surface area (Å²) in [5.41, 5.74) is 1.91. The highest BCUT2D eigenvalue weighted by atomic mass is 19.1. The summed E-state index contributed by atoms with van der Waals surface area (Å²) in [6.07, 6.45) is 0. The zero-order chi connectivity index (χ0) is 16.5. The molecule has 0 amide bonds. The van der Waals surface area contributed by atoms with Gasteiger partial charge in [0.1, 0.15) is 11.9 Å². The summed E-state index contributed by atoms with van der Waals surface area (Å²) < 4.78 is 23.3. The van der Waals surface area contributed by atoms with Gasteiger partial charge < -0.3 is 9.47 Å². The number of benzene rings is 2. The van der Waals surface area contributed by atoms with Crippen molar-refractivity contribution in [3.8, 4) is 0 Å². The highest BCUT2D eigenvalue weighted by molar-refractivity contribution is 5.75. The summed E-state index contributed by atoms with van der Waals surface area (Å²) in [6, 6.07) is 15.2. The fourth-order valence-corrected chi connectivity index (χ4v) is 2.06. The molecule has 0 aliphatic rings. The second-order valence-corrected chi connectivity index (χ2v) is 5.08. The third kappa shape index (κ3) is 5.81. The van der Waals surface area contributed by atoms with Gasteiger partial charge in [-0.25, -0.2) is 4.39 Å². The van der Waals surface area contributed by atoms with Crippen LogP contribution in [0.1, 0.15) is 11.1 Å². The first-order chi connectivity index (χ1) is 11.2. The molecular formula is C18H20FNO3. The maximum atomic E-state index is 12.9. The molecule has 5 heteroatoms. The molecule has 1 atom stereocenters. The molecule has 0 spiro atoms. The van der Waals surface area contributed by atoms with Gasteiger partial charge in [-0.15, -0.1) is 0 Å². The number of hydrogen-bond donors (Lipinski definition) is 1. The molecule has 0 saturated heterocycles. The van der Waals surface area contributed by atoms with Gasteiger partial charge in [-0.2, -0.15) is 0 Å². The zero-order valence-electron chi connectivity index (χ0n) is 13.0. The van der Waals surface area contributed by atoms with Crippen molar-refractivity contribution in [2.45, 2.75) is 19.2 Å². The largest absolute Gasteiger partial charge is 0.468 e. The van der Waals surface area contributed by atoms with Gasteiger partial charge in [0.25, 0.3) is 0 Å². The molecule has 0 aliphatic heterocycles. The second kappa shape index (κ2) is 9.02. The van der Waals surface area contributed by atoms with Crippen LogP contribution in [0.4, 0.5) is 4.39 Å². The van der Waals surface area contributed by atoms with E-state index in [-0.39, 0.29) is 18.4 Å². The lowest BCUT2D eigenvalue weighted by Gasteiger charge is -2.17. The van der Waals surface area contributed by atoms with E-state index >= 15 is 0 Å². The Morgan fingerprint density at radius 1 is 1.09 bits per heavy atom. The van der Waals surface area contributed by atoms with E-state index in [1.165, 1.54) is 19.2 Å². The number of ether oxygens (including phenoxy) is 2. The van der Waals surface area contributed by atoms with Crippen LogP contribution in [0.25, 0.3) is 0 Å². The molecule has 0 saturated carbocycles. The van der Waals surface area contributed by atoms with Gasteiger partial charge in [0.15, 0.2) is 0 Å². The smallest absolute Gasteiger partial charge is 0.325 e. The van der Waals surface area contributed by atoms with Crippen LogP contribution in [0.3, 0.4) is 0 Å². The van der Waals surface area contributed by atoms with Crippen molar-refractivity contribution in [3.05, 3.63) is 71.5 Å². The maximum absolute atomic E-state index is 12.9. The van der Waals surface area contributed by atoms with Gasteiger partial charge in [-0.05, 0) is 23.3 Å². The van der Waals surface area contributed by atoms with Crippen LogP contribution in [-0.2, 0) is 27.4 Å². The Labute approximate surface area is 135 Å². The fraction of sp³-hybridized carbons (Fsp3) is 0.278. The van der Waals surface area contributed by atoms with Crippen LogP contribution in [0.5, 0.6) is 0 Å². The van der Waals surface area contributed by atoms with Crippen LogP contribution in [-0.4, -0.2) is 25.7 Å². The summed E-state index contributed by atoms with van der Waals surface area (Å²) in [7, 11) is 1.34. The SMILES string of the molecule is COC(=O)[C@@H](COCc1ccccc1)NCc1ccc(F)cc1. The summed E-state index contributed by atoms with van der Waals surface area (Å²) >= 11 is 0. The van der Waals surface area contributed by atoms with Crippen molar-refractivity contribution in [1.82, 2.24) is 5.32 Å². The van der Waals surface area contributed by atoms with Crippen LogP contribution in [0.2, 0.25) is 0 Å². The van der Waals surface area contributed by atoms with Gasteiger partial charge in [0, 0.05) is 6.54 Å². The summed E-state index contributed by atoms with van der Waals surface area (Å²) in [5.74, 6) is -0.676. The Hall–Kier alpha value is -2.24. The molecule has 2 aromatic rings. The highest BCUT2D eigenvalue weighted by Crippen LogP contribution is 2.05. The van der Waals surface area contributed by atoms with Crippen LogP contribution < -0.4 is 5.32 Å². The Morgan fingerprint density at radius 3 is 2.43 bits per heavy atom. The molecule has 0 radical (unpaired) electrons. The van der Waals surface area contributed by atoms with E-state index in [0.29, 0.717) is 13.2 Å². The Balaban J connectivity index is 1.84. The second-order valence-electron chi connectivity index (χ2n) is 5.08. The van der Waals surface area contributed by atoms with Gasteiger partial charge in [0.2, 0.25) is 0 Å². The highest BCUT2D eigenvalue weighted by Gasteiger charge is 2.18. The lowest BCUT2D eigenvalue weighted by atomic mass is 10.2. The summed E-state index contributed by atoms with van der Waals surface area (Å²) in [6.45, 7) is 1.05. The minimum absolute atomic E-state index is 0.197. The molecule has 2 aromatic carbocycles. The molecule has 2 rings (SSSR count). The lowest BCUT2D eigenvalue weighted by Crippen LogP contribution is -2.41. The van der Waals surface area contributed by atoms with E-state index in [2.05, 4.69) is 5.32 Å². The van der Waals surface area contributed by atoms with Crippen molar-refractivity contribution in [3.63, 3.8) is 0 Å². The molecule has 0 bridgehead atoms. The fourth-order valence-electron chi connectivity index (χ4n) is 2.06. The number of carbonyl (C=O) groups is 1. The molecule has 0 fully saturated rings. The number of rotatable bonds is 8. The minimum Gasteiger partial charge on any atom is -0.468 e. The van der Waals surface area contributed by atoms with E-state index < -0.39 is 6.04 Å². The van der Waals surface area contributed by atoms with Crippen LogP contribution in [0, 0.1) is 5.82 Å². The minimum atomic E-state index is -0.575. The number of carbonyl (C=O) groups excluding carboxylic acids is 1. The maximum Gasteiger partial charge on any atom is 0.325 e. The topological polar surface area (TPSA) is 47.6 Å². The average molecular weight is 317 g/mol. The standard InChI is InChI=1S/C18H20FNO3/c1-22-18(21)17(13-23-12-15-5-3-2-4-6-15)20-11-14-7-9-16(19)10-8-14/h2-10,17,20H,11-13H2,1H3/t17-/m1/s1. The van der Waals surface area contributed by atoms with Gasteiger partial charge >= 0.3 is 5.97 Å². The number of nitrogens with one attached hydrogen (secondary N) is 1. The van der Waals surface area contributed by atoms with Gasteiger partial charge in [-0.1, -0.05) is 42.5 Å². The van der Waals surface area contributed by atoms with E-state index in [1.54, 1.807) is 12.1 Å². The van der Waals surface area contributed by atoms with Gasteiger partial charge in [-0.3, -0.25) is 10.1 Å². The average Bonchev–Trinajstić information content (AvgIpc) is 2.59. The summed E-state index contributed by atoms with van der Waals surface area (Å²) in [4.78, 5) is 11.8. The number of hydrogen-bond acceptors (Lipinski definition) is 4. The Morgan fingerprint density at radius 2 is 1.78 bits per heavy atom. The predicted octanol–water partition coefficient (Wildman–Crippen LogP) is 2.67. The van der Waals surface area contributed by atoms with Crippen molar-refractivity contribution in [2.75, 3.05) is 13.7 Å². The monoisotopic (exact) mass is 317 g/mol. The van der Waals surface area contributed by atoms with E-state index in [0.717, 1.165) is 11.1 Å². The van der Waals surface area contributed by atoms with Crippen molar-refractivity contribution < 1.29 is 18.7 Å². The Kier molecular flexibility index (Phi) is 6.72. The number of halogens is 1. The molecule has 1 N–H and O–H groups in total. The van der Waals surface area contributed by atoms with Crippen LogP contribution >= 0.6 is 0 Å². The van der Waals surface area contributed by atoms with Crippen molar-refractivity contribution in [1.29, 1.82) is 0 Å². The first-order valence-corrected chi connectivity index (χ1v) is 7.36. The first kappa shape index (κ1) is 17.1. The van der Waals surface area contributed by atoms with E-state index in [1.807, 2.05) is 30.3 Å². The third-order valence-electron chi connectivity index (χ3n) is 3.35. The molecule has 23 heavy (non-hydrogen) atoms. The van der Waals surface area contributed by atoms with Crippen molar-refractivity contribution in [2.24, 2.45) is 0 Å². The predicted molar refractivity (Wildman–Crippen MR) is 85.1 cm³/mol. The quantitative estimate of drug-likeness (QED) is 0.761. The zero-order valence-corrected chi connectivity index (χ0v) is 13.0. The van der Waals surface area contributed by atoms with Crippen LogP contribution in [0.15, 0.2) is 54.6 Å². The molecular weight excluding hydrogens is 297 g/mol. The molecule has 122 valence electrons. The lowest BCUT2D eigenvalue weighted by molar-refractivity contribution is -0.145. The summed E-state index contributed by atoms with van der Waals surface area (Å²) in [5, 5.41) is 3.07. The van der Waals surface area contributed by atoms with E-state index in [9.17, 15) is 9.18 Å². The molecule has 4 nitrogen and oxygen atoms in total. The Bertz CT molecular complexity index is 601. The molecule has 0 heterocycles. The van der Waals surface area contributed by atoms with Crippen molar-refractivity contribution >= 4 is 5.97 Å². The molecule has 0 unspecified atom stereocenters.